The molecule has 6 nitrogen and oxygen atoms in total. The van der Waals surface area contributed by atoms with Gasteiger partial charge in [0.1, 0.15) is 5.82 Å². The van der Waals surface area contributed by atoms with Crippen LogP contribution in [0.4, 0.5) is 0 Å². The number of benzene rings is 5. The topological polar surface area (TPSA) is 48.8 Å². The molecule has 0 spiro atoms. The monoisotopic (exact) mass is 982 g/mol. The molecule has 0 atom stereocenters. The Morgan fingerprint density at radius 1 is 0.639 bits per heavy atom. The standard InChI is InChI=1S/C54H51N5O.Pt/c1-52(2,3)34-36-23-25-56-51(27-36)59-46-22-19-38(37-15-11-10-12-16-37)28-45(46)44-21-20-42(32-49(44)59)60-43-24-26-55-50(33-43)58-35-57(47-17-13-14-18-48(47)58)41-30-39(53(4,5)6)29-40(31-41)54(7,8)9;/h10-31H,34H2,1-9H3;/q-2;/i34D2;. The van der Waals surface area contributed by atoms with Crippen LogP contribution in [0, 0.1) is 23.9 Å². The molecule has 0 fully saturated rings. The molecule has 4 heterocycles. The van der Waals surface area contributed by atoms with E-state index < -0.39 is 11.8 Å². The van der Waals surface area contributed by atoms with Crippen molar-refractivity contribution >= 4 is 32.8 Å². The summed E-state index contributed by atoms with van der Waals surface area (Å²) in [4.78, 5) is 9.57. The van der Waals surface area contributed by atoms with Gasteiger partial charge in [0, 0.05) is 41.3 Å². The molecule has 0 aliphatic carbocycles. The van der Waals surface area contributed by atoms with E-state index >= 15 is 0 Å². The molecular weight excluding hydrogens is 930 g/mol. The fraction of sp³-hybridized carbons (Fsp3) is 0.241. The normalized spacial score (nSPS) is 13.0. The van der Waals surface area contributed by atoms with E-state index in [9.17, 15) is 0 Å². The molecule has 0 radical (unpaired) electrons. The number of ether oxygens (including phenoxy) is 1. The molecule has 0 saturated heterocycles. The number of aromatic nitrogens is 5. The number of hydrogen-bond acceptors (Lipinski definition) is 3. The minimum absolute atomic E-state index is 0. The SMILES string of the molecule is [2H]C([2H])(c1ccnc(-n2c3[c-]c(Oc4[c-]c(-n5[c-][n+](-c6cc(C(C)(C)C)cc(C(C)(C)C)c6)c6ccccc65)ncc4)ccc3c3cc(-c4ccccc4)ccc32)c1)C(C)(C)C.[Pt]. The molecule has 5 aromatic carbocycles. The van der Waals surface area contributed by atoms with Crippen molar-refractivity contribution in [1.29, 1.82) is 0 Å². The summed E-state index contributed by atoms with van der Waals surface area (Å²) in [6, 6.07) is 48.3. The van der Waals surface area contributed by atoms with Gasteiger partial charge in [0.15, 0.2) is 0 Å². The Labute approximate surface area is 377 Å². The van der Waals surface area contributed by atoms with Gasteiger partial charge in [0.05, 0.1) is 22.5 Å². The van der Waals surface area contributed by atoms with Gasteiger partial charge in [-0.25, -0.2) is 4.98 Å². The van der Waals surface area contributed by atoms with Gasteiger partial charge in [-0.15, -0.1) is 17.5 Å². The first-order valence-electron chi connectivity index (χ1n) is 21.6. The van der Waals surface area contributed by atoms with Crippen LogP contribution in [0.1, 0.15) is 81.7 Å². The first-order chi connectivity index (χ1) is 29.4. The van der Waals surface area contributed by atoms with Crippen LogP contribution in [0.3, 0.4) is 0 Å². The van der Waals surface area contributed by atoms with Crippen molar-refractivity contribution in [2.24, 2.45) is 5.41 Å². The second kappa shape index (κ2) is 15.9. The summed E-state index contributed by atoms with van der Waals surface area (Å²) in [5.41, 5.74) is 9.22. The van der Waals surface area contributed by atoms with Crippen LogP contribution in [0.15, 0.2) is 134 Å². The third kappa shape index (κ3) is 8.44. The summed E-state index contributed by atoms with van der Waals surface area (Å²) in [6.07, 6.45) is 5.42. The Hall–Kier alpha value is -5.84. The molecule has 0 saturated carbocycles. The predicted octanol–water partition coefficient (Wildman–Crippen LogP) is 12.8. The van der Waals surface area contributed by atoms with Crippen molar-refractivity contribution in [2.75, 3.05) is 0 Å². The molecule has 0 amide bonds. The average molecular weight is 983 g/mol. The zero-order chi connectivity index (χ0) is 43.8. The summed E-state index contributed by atoms with van der Waals surface area (Å²) in [5, 5.41) is 2.00. The number of pyridine rings is 2. The van der Waals surface area contributed by atoms with E-state index in [-0.39, 0.29) is 31.9 Å². The summed E-state index contributed by atoms with van der Waals surface area (Å²) in [7, 11) is 0. The van der Waals surface area contributed by atoms with Crippen molar-refractivity contribution < 1.29 is 33.1 Å². The zero-order valence-corrected chi connectivity index (χ0v) is 38.4. The van der Waals surface area contributed by atoms with Gasteiger partial charge in [-0.3, -0.25) is 14.1 Å². The summed E-state index contributed by atoms with van der Waals surface area (Å²) < 4.78 is 30.8. The molecule has 0 N–H and O–H groups in total. The van der Waals surface area contributed by atoms with Gasteiger partial charge >= 0.3 is 0 Å². The molecule has 9 aromatic rings. The van der Waals surface area contributed by atoms with Gasteiger partial charge in [-0.05, 0) is 91.9 Å². The van der Waals surface area contributed by atoms with Gasteiger partial charge in [0.25, 0.3) is 6.33 Å². The van der Waals surface area contributed by atoms with Crippen molar-refractivity contribution in [3.05, 3.63) is 169 Å². The number of nitrogens with zero attached hydrogens (tertiary/aromatic N) is 5. The van der Waals surface area contributed by atoms with Crippen molar-refractivity contribution in [1.82, 2.24) is 19.1 Å². The largest absolute Gasteiger partial charge is 0.522 e. The molecule has 310 valence electrons. The minimum Gasteiger partial charge on any atom is -0.522 e. The first kappa shape index (κ1) is 39.3. The third-order valence-corrected chi connectivity index (χ3v) is 10.8. The van der Waals surface area contributed by atoms with Crippen LogP contribution >= 0.6 is 0 Å². The number of rotatable bonds is 7. The van der Waals surface area contributed by atoms with E-state index in [4.69, 9.17) is 17.4 Å². The molecule has 0 unspecified atom stereocenters. The van der Waals surface area contributed by atoms with Crippen molar-refractivity contribution in [3.63, 3.8) is 0 Å². The number of hydrogen-bond donors (Lipinski definition) is 0. The Bertz CT molecular complexity index is 3120. The molecule has 0 aliphatic heterocycles. The van der Waals surface area contributed by atoms with Crippen LogP contribution in [-0.4, -0.2) is 19.1 Å². The third-order valence-electron chi connectivity index (χ3n) is 10.8. The van der Waals surface area contributed by atoms with E-state index in [0.717, 1.165) is 49.7 Å². The van der Waals surface area contributed by atoms with Gasteiger partial charge in [-0.1, -0.05) is 147 Å². The van der Waals surface area contributed by atoms with Gasteiger partial charge in [-0.2, -0.15) is 18.2 Å². The molecule has 4 aromatic heterocycles. The molecule has 7 heteroatoms. The Balaban J connectivity index is 0.00000544. The minimum atomic E-state index is -1.61. The summed E-state index contributed by atoms with van der Waals surface area (Å²) in [6.45, 7) is 19.3. The fourth-order valence-corrected chi connectivity index (χ4v) is 7.75. The Kier molecular flexibility index (Phi) is 10.2. The predicted molar refractivity (Wildman–Crippen MR) is 244 cm³/mol. The maximum atomic E-state index is 9.07. The van der Waals surface area contributed by atoms with Crippen LogP contribution in [0.5, 0.6) is 11.5 Å². The summed E-state index contributed by atoms with van der Waals surface area (Å²) in [5.74, 6) is 2.10. The van der Waals surface area contributed by atoms with Gasteiger partial charge in [0.2, 0.25) is 0 Å². The quantitative estimate of drug-likeness (QED) is 0.118. The Morgan fingerprint density at radius 2 is 1.33 bits per heavy atom. The van der Waals surface area contributed by atoms with Crippen LogP contribution < -0.4 is 9.30 Å². The molecule has 61 heavy (non-hydrogen) atoms. The number of imidazole rings is 1. The molecule has 0 aliphatic rings. The van der Waals surface area contributed by atoms with Crippen molar-refractivity contribution in [3.8, 4) is 39.9 Å². The second-order valence-corrected chi connectivity index (χ2v) is 18.7. The fourth-order valence-electron chi connectivity index (χ4n) is 7.75. The van der Waals surface area contributed by atoms with E-state index in [2.05, 4.69) is 136 Å². The Morgan fingerprint density at radius 3 is 2.05 bits per heavy atom. The zero-order valence-electron chi connectivity index (χ0n) is 38.2. The molecular formula is C54H51N5OPt-2. The van der Waals surface area contributed by atoms with Gasteiger partial charge < -0.3 is 9.30 Å². The number of para-hydroxylation sites is 2. The van der Waals surface area contributed by atoms with Crippen molar-refractivity contribution in [2.45, 2.75) is 79.5 Å². The summed E-state index contributed by atoms with van der Waals surface area (Å²) >= 11 is 0. The number of fused-ring (bicyclic) bond motifs is 4. The van der Waals surface area contributed by atoms with Crippen LogP contribution in [0.2, 0.25) is 0 Å². The second-order valence-electron chi connectivity index (χ2n) is 18.7. The van der Waals surface area contributed by atoms with E-state index in [1.54, 1.807) is 24.5 Å². The van der Waals surface area contributed by atoms with E-state index in [0.29, 0.717) is 28.7 Å². The van der Waals surface area contributed by atoms with Crippen LogP contribution in [-0.2, 0) is 38.3 Å². The smallest absolute Gasteiger partial charge is 0.269 e. The maximum absolute atomic E-state index is 9.07. The average Bonchev–Trinajstić information content (AvgIpc) is 3.79. The van der Waals surface area contributed by atoms with E-state index in [1.165, 1.54) is 11.1 Å². The molecule has 9 rings (SSSR count). The van der Waals surface area contributed by atoms with Crippen LogP contribution in [0.25, 0.3) is 61.3 Å². The molecule has 0 bridgehead atoms. The van der Waals surface area contributed by atoms with E-state index in [1.807, 2.05) is 67.8 Å². The first-order valence-corrected chi connectivity index (χ1v) is 20.6. The maximum Gasteiger partial charge on any atom is 0.269 e.